The smallest absolute Gasteiger partial charge is 0.550 e. The Morgan fingerprint density at radius 1 is 0.806 bits per heavy atom. The largest absolute Gasteiger partial charge is 1.00 e. The molecule has 5 nitrogen and oxygen atoms in total. The van der Waals surface area contributed by atoms with Crippen molar-refractivity contribution in [1.82, 2.24) is 5.32 Å². The summed E-state index contributed by atoms with van der Waals surface area (Å²) in [5.41, 5.74) is 3.78. The van der Waals surface area contributed by atoms with Gasteiger partial charge in [0.05, 0.1) is 5.92 Å². The average molecular weight is 423 g/mol. The van der Waals surface area contributed by atoms with Crippen LogP contribution >= 0.6 is 0 Å². The summed E-state index contributed by atoms with van der Waals surface area (Å²) < 4.78 is 5.96. The fourth-order valence-electron chi connectivity index (χ4n) is 3.74. The molecule has 3 aromatic rings. The Hall–Kier alpha value is -2.60. The number of aliphatic carboxylic acids is 1. The summed E-state index contributed by atoms with van der Waals surface area (Å²) in [5.74, 6) is -0.0769. The number of amides is 1. The van der Waals surface area contributed by atoms with Crippen LogP contribution < -0.4 is 44.7 Å². The van der Waals surface area contributed by atoms with E-state index < -0.39 is 11.9 Å². The van der Waals surface area contributed by atoms with Gasteiger partial charge in [0, 0.05) is 23.6 Å². The van der Waals surface area contributed by atoms with E-state index >= 15 is 0 Å². The molecular formula is C25H22NNaO4. The first-order valence-corrected chi connectivity index (χ1v) is 10.0. The number of carbonyl (C=O) groups excluding carboxylic acids is 2. The zero-order valence-corrected chi connectivity index (χ0v) is 19.5. The molecule has 6 heteroatoms. The second-order valence-corrected chi connectivity index (χ2v) is 7.34. The van der Waals surface area contributed by atoms with Crippen LogP contribution in [0, 0.1) is 0 Å². The Kier molecular flexibility index (Phi) is 7.91. The number of rotatable bonds is 7. The van der Waals surface area contributed by atoms with Gasteiger partial charge in [0.15, 0.2) is 0 Å². The van der Waals surface area contributed by atoms with Crippen LogP contribution in [-0.4, -0.2) is 18.4 Å². The van der Waals surface area contributed by atoms with Crippen molar-refractivity contribution in [2.24, 2.45) is 0 Å². The molecule has 3 aromatic carbocycles. The van der Waals surface area contributed by atoms with Crippen molar-refractivity contribution in [2.75, 3.05) is 6.54 Å². The SMILES string of the molecule is O=C([O-])CCc1ccc(CCNC(=O)C2c3ccccc3Oc3ccccc32)cc1.[Na+]. The monoisotopic (exact) mass is 423 g/mol. The molecule has 4 rings (SSSR count). The van der Waals surface area contributed by atoms with Gasteiger partial charge >= 0.3 is 29.6 Å². The van der Waals surface area contributed by atoms with Crippen molar-refractivity contribution in [3.8, 4) is 11.5 Å². The van der Waals surface area contributed by atoms with Crippen LogP contribution in [0.25, 0.3) is 0 Å². The average Bonchev–Trinajstić information content (AvgIpc) is 2.76. The molecule has 31 heavy (non-hydrogen) atoms. The molecule has 152 valence electrons. The Morgan fingerprint density at radius 2 is 1.32 bits per heavy atom. The van der Waals surface area contributed by atoms with Crippen molar-refractivity contribution in [2.45, 2.75) is 25.2 Å². The maximum absolute atomic E-state index is 13.1. The first-order valence-electron chi connectivity index (χ1n) is 10.0. The number of ether oxygens (including phenoxy) is 1. The zero-order valence-electron chi connectivity index (χ0n) is 17.5. The maximum atomic E-state index is 13.1. The normalized spacial score (nSPS) is 12.0. The molecule has 0 aliphatic carbocycles. The summed E-state index contributed by atoms with van der Waals surface area (Å²) in [7, 11) is 0. The minimum absolute atomic E-state index is 0. The third kappa shape index (κ3) is 5.56. The van der Waals surface area contributed by atoms with Gasteiger partial charge in [0.2, 0.25) is 5.91 Å². The summed E-state index contributed by atoms with van der Waals surface area (Å²) in [6, 6.07) is 23.0. The van der Waals surface area contributed by atoms with E-state index in [0.29, 0.717) is 30.9 Å². The van der Waals surface area contributed by atoms with Gasteiger partial charge in [-0.05, 0) is 42.5 Å². The Labute approximate surface area is 203 Å². The summed E-state index contributed by atoms with van der Waals surface area (Å²) in [6.45, 7) is 0.513. The van der Waals surface area contributed by atoms with Crippen LogP contribution in [-0.2, 0) is 22.4 Å². The van der Waals surface area contributed by atoms with E-state index in [-0.39, 0.29) is 41.9 Å². The molecule has 1 heterocycles. The molecule has 0 saturated carbocycles. The number of hydrogen-bond donors (Lipinski definition) is 1. The third-order valence-electron chi connectivity index (χ3n) is 5.30. The zero-order chi connectivity index (χ0) is 20.9. The third-order valence-corrected chi connectivity index (χ3v) is 5.30. The number of para-hydroxylation sites is 2. The molecule has 0 bridgehead atoms. The summed E-state index contributed by atoms with van der Waals surface area (Å²) in [6.07, 6.45) is 1.17. The van der Waals surface area contributed by atoms with Gasteiger partial charge in [-0.15, -0.1) is 0 Å². The number of aryl methyl sites for hydroxylation is 1. The van der Waals surface area contributed by atoms with Crippen molar-refractivity contribution < 1.29 is 49.0 Å². The van der Waals surface area contributed by atoms with Crippen molar-refractivity contribution in [1.29, 1.82) is 0 Å². The molecule has 1 aliphatic heterocycles. The van der Waals surface area contributed by atoms with Gasteiger partial charge in [-0.1, -0.05) is 60.7 Å². The fraction of sp³-hybridized carbons (Fsp3) is 0.200. The Balaban J connectivity index is 0.00000272. The molecule has 0 radical (unpaired) electrons. The number of carboxylic acid groups (broad SMARTS) is 1. The Morgan fingerprint density at radius 3 is 1.87 bits per heavy atom. The number of benzene rings is 3. The van der Waals surface area contributed by atoms with Crippen LogP contribution in [0.1, 0.15) is 34.6 Å². The van der Waals surface area contributed by atoms with E-state index in [9.17, 15) is 14.7 Å². The molecular weight excluding hydrogens is 401 g/mol. The van der Waals surface area contributed by atoms with Crippen LogP contribution in [0.5, 0.6) is 11.5 Å². The van der Waals surface area contributed by atoms with E-state index in [2.05, 4.69) is 5.32 Å². The first-order chi connectivity index (χ1) is 14.6. The van der Waals surface area contributed by atoms with Gasteiger partial charge < -0.3 is 20.0 Å². The standard InChI is InChI=1S/C25H23NO4.Na/c27-23(28)14-13-17-9-11-18(12-10-17)15-16-26-25(29)24-19-5-1-3-7-21(19)30-22-8-4-2-6-20(22)24;/h1-12,24H,13-16H2,(H,26,29)(H,27,28);/q;+1/p-1. The molecule has 0 spiro atoms. The van der Waals surface area contributed by atoms with E-state index in [4.69, 9.17) is 4.74 Å². The van der Waals surface area contributed by atoms with E-state index in [1.165, 1.54) is 0 Å². The van der Waals surface area contributed by atoms with Gasteiger partial charge in [0.25, 0.3) is 0 Å². The van der Waals surface area contributed by atoms with Crippen LogP contribution in [0.4, 0.5) is 0 Å². The van der Waals surface area contributed by atoms with Gasteiger partial charge in [-0.3, -0.25) is 4.79 Å². The predicted octanol–water partition coefficient (Wildman–Crippen LogP) is -0.0304. The minimum atomic E-state index is -1.04. The molecule has 0 atom stereocenters. The van der Waals surface area contributed by atoms with E-state index in [1.807, 2.05) is 72.8 Å². The second kappa shape index (κ2) is 10.6. The predicted molar refractivity (Wildman–Crippen MR) is 111 cm³/mol. The second-order valence-electron chi connectivity index (χ2n) is 7.34. The topological polar surface area (TPSA) is 78.5 Å². The quantitative estimate of drug-likeness (QED) is 0.542. The first kappa shape index (κ1) is 23.1. The van der Waals surface area contributed by atoms with Crippen LogP contribution in [0.2, 0.25) is 0 Å². The summed E-state index contributed by atoms with van der Waals surface area (Å²) in [4.78, 5) is 23.7. The summed E-state index contributed by atoms with van der Waals surface area (Å²) >= 11 is 0. The molecule has 0 unspecified atom stereocenters. The number of carboxylic acids is 1. The molecule has 1 aliphatic rings. The molecule has 1 N–H and O–H groups in total. The van der Waals surface area contributed by atoms with Crippen LogP contribution in [0.3, 0.4) is 0 Å². The molecule has 0 aromatic heterocycles. The van der Waals surface area contributed by atoms with Gasteiger partial charge in [0.1, 0.15) is 11.5 Å². The van der Waals surface area contributed by atoms with Gasteiger partial charge in [-0.2, -0.15) is 0 Å². The summed E-state index contributed by atoms with van der Waals surface area (Å²) in [5, 5.41) is 13.6. The maximum Gasteiger partial charge on any atom is 1.00 e. The van der Waals surface area contributed by atoms with E-state index in [1.54, 1.807) is 0 Å². The van der Waals surface area contributed by atoms with Crippen molar-refractivity contribution >= 4 is 11.9 Å². The van der Waals surface area contributed by atoms with Crippen LogP contribution in [0.15, 0.2) is 72.8 Å². The number of carbonyl (C=O) groups is 2. The molecule has 1 amide bonds. The molecule has 0 saturated heterocycles. The number of fused-ring (bicyclic) bond motifs is 2. The van der Waals surface area contributed by atoms with Crippen molar-refractivity contribution in [3.05, 3.63) is 95.1 Å². The fourth-order valence-corrected chi connectivity index (χ4v) is 3.74. The molecule has 0 fully saturated rings. The van der Waals surface area contributed by atoms with Crippen molar-refractivity contribution in [3.63, 3.8) is 0 Å². The Bertz CT molecular complexity index is 1020. The van der Waals surface area contributed by atoms with Gasteiger partial charge in [-0.25, -0.2) is 0 Å². The number of nitrogens with one attached hydrogen (secondary N) is 1. The number of hydrogen-bond acceptors (Lipinski definition) is 4. The minimum Gasteiger partial charge on any atom is -0.550 e. The van der Waals surface area contributed by atoms with E-state index in [0.717, 1.165) is 22.3 Å².